The molecule has 66 valence electrons. The van der Waals surface area contributed by atoms with Gasteiger partial charge in [-0.05, 0) is 6.54 Å². The van der Waals surface area contributed by atoms with Crippen LogP contribution < -0.4 is 17.3 Å². The second kappa shape index (κ2) is 5.96. The monoisotopic (exact) mass is 160 g/mol. The van der Waals surface area contributed by atoms with Crippen LogP contribution >= 0.6 is 0 Å². The van der Waals surface area contributed by atoms with Gasteiger partial charge in [-0.3, -0.25) is 0 Å². The van der Waals surface area contributed by atoms with E-state index in [1.165, 1.54) is 5.01 Å². The van der Waals surface area contributed by atoms with Gasteiger partial charge in [0, 0.05) is 18.3 Å². The zero-order valence-corrected chi connectivity index (χ0v) is 6.53. The minimum Gasteiger partial charge on any atom is -0.401 e. The van der Waals surface area contributed by atoms with Gasteiger partial charge in [0.25, 0.3) is 0 Å². The lowest BCUT2D eigenvalue weighted by Crippen LogP contribution is -2.29. The van der Waals surface area contributed by atoms with Gasteiger partial charge in [-0.1, -0.05) is 0 Å². The van der Waals surface area contributed by atoms with Crippen molar-refractivity contribution in [3.8, 4) is 0 Å². The molecule has 0 bridgehead atoms. The van der Waals surface area contributed by atoms with Crippen LogP contribution in [0.1, 0.15) is 6.42 Å². The minimum absolute atomic E-state index is 0.0168. The Labute approximate surface area is 66.4 Å². The average Bonchev–Trinajstić information content (AvgIpc) is 1.87. The molecule has 0 aliphatic heterocycles. The SMILES string of the molecule is NCC/C(N)=C/N(N)CCO. The quantitative estimate of drug-likeness (QED) is 0.284. The Morgan fingerprint density at radius 3 is 2.64 bits per heavy atom. The molecule has 5 nitrogen and oxygen atoms in total. The maximum absolute atomic E-state index is 8.46. The lowest BCUT2D eigenvalue weighted by atomic mass is 10.3. The molecule has 0 aliphatic carbocycles. The van der Waals surface area contributed by atoms with E-state index >= 15 is 0 Å². The fourth-order valence-corrected chi connectivity index (χ4v) is 0.624. The molecule has 5 heteroatoms. The number of hydrogen-bond donors (Lipinski definition) is 4. The molecule has 0 aliphatic rings. The number of hydrazine groups is 1. The molecule has 0 rings (SSSR count). The van der Waals surface area contributed by atoms with E-state index in [2.05, 4.69) is 0 Å². The van der Waals surface area contributed by atoms with E-state index < -0.39 is 0 Å². The highest BCUT2D eigenvalue weighted by molar-refractivity contribution is 4.94. The Morgan fingerprint density at radius 2 is 2.18 bits per heavy atom. The van der Waals surface area contributed by atoms with Gasteiger partial charge in [-0.25, -0.2) is 5.84 Å². The smallest absolute Gasteiger partial charge is 0.0622 e. The third-order valence-corrected chi connectivity index (χ3v) is 1.12. The Balaban J connectivity index is 3.66. The normalized spacial score (nSPS) is 11.7. The van der Waals surface area contributed by atoms with Gasteiger partial charge in [0.15, 0.2) is 0 Å². The highest BCUT2D eigenvalue weighted by Crippen LogP contribution is 1.90. The van der Waals surface area contributed by atoms with Crippen molar-refractivity contribution < 1.29 is 5.11 Å². The third-order valence-electron chi connectivity index (χ3n) is 1.12. The van der Waals surface area contributed by atoms with E-state index in [0.717, 1.165) is 0 Å². The first-order valence-electron chi connectivity index (χ1n) is 3.49. The van der Waals surface area contributed by atoms with Gasteiger partial charge in [-0.15, -0.1) is 0 Å². The van der Waals surface area contributed by atoms with Crippen LogP contribution in [0.5, 0.6) is 0 Å². The molecular formula is C6H16N4O. The number of hydrogen-bond acceptors (Lipinski definition) is 5. The van der Waals surface area contributed by atoms with Crippen LogP contribution in [0.25, 0.3) is 0 Å². The summed E-state index contributed by atoms with van der Waals surface area (Å²) < 4.78 is 0. The van der Waals surface area contributed by atoms with Crippen molar-refractivity contribution >= 4 is 0 Å². The van der Waals surface area contributed by atoms with Crippen LogP contribution in [0, 0.1) is 0 Å². The Bertz CT molecular complexity index is 126. The summed E-state index contributed by atoms with van der Waals surface area (Å²) in [7, 11) is 0. The Hall–Kier alpha value is -0.780. The van der Waals surface area contributed by atoms with Gasteiger partial charge in [-0.2, -0.15) is 0 Å². The number of nitrogens with zero attached hydrogens (tertiary/aromatic N) is 1. The van der Waals surface area contributed by atoms with Crippen molar-refractivity contribution in [3.05, 3.63) is 11.9 Å². The van der Waals surface area contributed by atoms with Gasteiger partial charge in [0.1, 0.15) is 0 Å². The summed E-state index contributed by atoms with van der Waals surface area (Å²) in [5.41, 5.74) is 11.4. The summed E-state index contributed by atoms with van der Waals surface area (Å²) in [4.78, 5) is 0. The van der Waals surface area contributed by atoms with Crippen molar-refractivity contribution in [2.45, 2.75) is 6.42 Å². The van der Waals surface area contributed by atoms with E-state index in [1.54, 1.807) is 6.20 Å². The van der Waals surface area contributed by atoms with Gasteiger partial charge < -0.3 is 21.6 Å². The molecule has 0 radical (unpaired) electrons. The molecule has 0 saturated heterocycles. The second-order valence-corrected chi connectivity index (χ2v) is 2.20. The molecule has 0 heterocycles. The molecular weight excluding hydrogens is 144 g/mol. The number of aliphatic hydroxyl groups is 1. The maximum atomic E-state index is 8.46. The molecule has 0 aromatic heterocycles. The molecule has 0 unspecified atom stereocenters. The van der Waals surface area contributed by atoms with E-state index in [-0.39, 0.29) is 6.61 Å². The average molecular weight is 160 g/mol. The van der Waals surface area contributed by atoms with Gasteiger partial charge in [0.05, 0.1) is 13.2 Å². The van der Waals surface area contributed by atoms with Crippen LogP contribution in [0.3, 0.4) is 0 Å². The largest absolute Gasteiger partial charge is 0.401 e. The molecule has 7 N–H and O–H groups in total. The van der Waals surface area contributed by atoms with Crippen molar-refractivity contribution in [1.29, 1.82) is 0 Å². The zero-order valence-electron chi connectivity index (χ0n) is 6.53. The van der Waals surface area contributed by atoms with Crippen LogP contribution in [-0.4, -0.2) is 29.8 Å². The number of aliphatic hydroxyl groups excluding tert-OH is 1. The molecule has 0 aromatic rings. The van der Waals surface area contributed by atoms with Crippen LogP contribution in [-0.2, 0) is 0 Å². The highest BCUT2D eigenvalue weighted by atomic mass is 16.3. The molecule has 0 fully saturated rings. The third kappa shape index (κ3) is 5.65. The van der Waals surface area contributed by atoms with E-state index in [1.807, 2.05) is 0 Å². The summed E-state index contributed by atoms with van der Waals surface area (Å²) in [5, 5.41) is 9.80. The van der Waals surface area contributed by atoms with E-state index in [4.69, 9.17) is 22.4 Å². The number of nitrogens with two attached hydrogens (primary N) is 3. The first kappa shape index (κ1) is 10.2. The van der Waals surface area contributed by atoms with Crippen molar-refractivity contribution in [1.82, 2.24) is 5.01 Å². The summed E-state index contributed by atoms with van der Waals surface area (Å²) in [6, 6.07) is 0. The molecule has 0 atom stereocenters. The van der Waals surface area contributed by atoms with Crippen LogP contribution in [0.15, 0.2) is 11.9 Å². The lowest BCUT2D eigenvalue weighted by Gasteiger charge is -2.12. The topological polar surface area (TPSA) is 102 Å². The maximum Gasteiger partial charge on any atom is 0.0622 e. The molecule has 0 spiro atoms. The minimum atomic E-state index is 0.0168. The van der Waals surface area contributed by atoms with Gasteiger partial charge >= 0.3 is 0 Å². The van der Waals surface area contributed by atoms with Crippen LogP contribution in [0.4, 0.5) is 0 Å². The Kier molecular flexibility index (Phi) is 5.54. The highest BCUT2D eigenvalue weighted by Gasteiger charge is 1.92. The Morgan fingerprint density at radius 1 is 1.55 bits per heavy atom. The lowest BCUT2D eigenvalue weighted by molar-refractivity contribution is 0.238. The fourth-order valence-electron chi connectivity index (χ4n) is 0.624. The molecule has 0 saturated carbocycles. The number of rotatable bonds is 5. The standard InChI is InChI=1S/C6H16N4O/c7-2-1-6(8)5-10(9)3-4-11/h5,11H,1-4,7-9H2/b6-5-. The molecule has 0 aromatic carbocycles. The van der Waals surface area contributed by atoms with E-state index in [0.29, 0.717) is 25.2 Å². The zero-order chi connectivity index (χ0) is 8.69. The summed E-state index contributed by atoms with van der Waals surface area (Å²) in [6.45, 7) is 0.906. The molecule has 0 amide bonds. The summed E-state index contributed by atoms with van der Waals surface area (Å²) in [6.07, 6.45) is 2.20. The summed E-state index contributed by atoms with van der Waals surface area (Å²) >= 11 is 0. The fraction of sp³-hybridized carbons (Fsp3) is 0.667. The molecule has 11 heavy (non-hydrogen) atoms. The second-order valence-electron chi connectivity index (χ2n) is 2.20. The first-order chi connectivity index (χ1) is 5.20. The van der Waals surface area contributed by atoms with Gasteiger partial charge in [0.2, 0.25) is 0 Å². The van der Waals surface area contributed by atoms with Crippen molar-refractivity contribution in [3.63, 3.8) is 0 Å². The van der Waals surface area contributed by atoms with E-state index in [9.17, 15) is 0 Å². The first-order valence-corrected chi connectivity index (χ1v) is 3.49. The van der Waals surface area contributed by atoms with Crippen molar-refractivity contribution in [2.24, 2.45) is 17.3 Å². The van der Waals surface area contributed by atoms with Crippen molar-refractivity contribution in [2.75, 3.05) is 19.7 Å². The predicted molar refractivity (Wildman–Crippen MR) is 43.9 cm³/mol. The van der Waals surface area contributed by atoms with Crippen LogP contribution in [0.2, 0.25) is 0 Å². The summed E-state index contributed by atoms with van der Waals surface area (Å²) in [5.74, 6) is 5.39. The predicted octanol–water partition coefficient (Wildman–Crippen LogP) is -1.70.